The lowest BCUT2D eigenvalue weighted by Crippen LogP contribution is -2.48. The van der Waals surface area contributed by atoms with E-state index in [4.69, 9.17) is 41.9 Å². The molecule has 1 fully saturated rings. The van der Waals surface area contributed by atoms with Gasteiger partial charge < -0.3 is 28.9 Å². The minimum atomic E-state index is -3.49. The van der Waals surface area contributed by atoms with Gasteiger partial charge in [-0.3, -0.25) is 9.36 Å². The molecule has 3 aromatic rings. The predicted octanol–water partition coefficient (Wildman–Crippen LogP) is 2.85. The number of hydrogen-bond acceptors (Lipinski definition) is 11. The second-order valence-corrected chi connectivity index (χ2v) is 12.2. The first-order chi connectivity index (χ1) is 18.6. The maximum absolute atomic E-state index is 15.6. The number of aryl methyl sites for hydroxylation is 1. The number of halogens is 2. The molecule has 1 aliphatic heterocycles. The number of aromatic nitrogens is 4. The minimum Gasteiger partial charge on any atom is -0.468 e. The summed E-state index contributed by atoms with van der Waals surface area (Å²) in [7, 11) is 2.92. The average molecular weight is 603 g/mol. The molecule has 0 spiro atoms. The van der Waals surface area contributed by atoms with Gasteiger partial charge in [0, 0.05) is 7.05 Å². The zero-order chi connectivity index (χ0) is 28.4. The van der Waals surface area contributed by atoms with E-state index in [-0.39, 0.29) is 5.88 Å². The number of methoxy groups -OCH3 is 1. The highest BCUT2D eigenvalue weighted by atomic mass is 35.5. The van der Waals surface area contributed by atoms with Gasteiger partial charge in [0.25, 0.3) is 0 Å². The molecule has 3 N–H and O–H groups in total. The number of nitrogens with zero attached hydrogens (tertiary/aromatic N) is 4. The number of carbonyl (C=O) groups is 1. The molecule has 0 unspecified atom stereocenters. The topological polar surface area (TPSA) is 142 Å². The third-order valence-corrected chi connectivity index (χ3v) is 9.03. The van der Waals surface area contributed by atoms with Gasteiger partial charge in [0.15, 0.2) is 29.4 Å². The third kappa shape index (κ3) is 6.02. The largest absolute Gasteiger partial charge is 0.468 e. The van der Waals surface area contributed by atoms with Gasteiger partial charge in [0.05, 0.1) is 25.9 Å². The van der Waals surface area contributed by atoms with Crippen LogP contribution in [0.2, 0.25) is 0 Å². The summed E-state index contributed by atoms with van der Waals surface area (Å²) in [6, 6.07) is 7.69. The van der Waals surface area contributed by atoms with Crippen molar-refractivity contribution in [3.8, 4) is 5.75 Å². The van der Waals surface area contributed by atoms with Gasteiger partial charge in [-0.1, -0.05) is 18.2 Å². The molecule has 4 rings (SSSR count). The van der Waals surface area contributed by atoms with E-state index < -0.39 is 49.4 Å². The van der Waals surface area contributed by atoms with Gasteiger partial charge in [0.2, 0.25) is 0 Å². The maximum Gasteiger partial charge on any atom is 0.323 e. The molecule has 1 saturated heterocycles. The summed E-state index contributed by atoms with van der Waals surface area (Å²) >= 11 is 11.9. The summed E-state index contributed by atoms with van der Waals surface area (Å²) in [5, 5.41) is 16.8. The number of hydrogen-bond donors (Lipinski definition) is 3. The molecule has 0 radical (unpaired) electrons. The number of ether oxygens (including phenoxy) is 2. The van der Waals surface area contributed by atoms with Crippen molar-refractivity contribution in [2.45, 2.75) is 44.0 Å². The maximum atomic E-state index is 15.6. The lowest BCUT2D eigenvalue weighted by atomic mass is 9.99. The van der Waals surface area contributed by atoms with E-state index in [1.807, 2.05) is 0 Å². The number of imidazole rings is 1. The zero-order valence-corrected chi connectivity index (χ0v) is 24.0. The molecule has 0 saturated carbocycles. The van der Waals surface area contributed by atoms with E-state index in [2.05, 4.69) is 25.4 Å². The summed E-state index contributed by atoms with van der Waals surface area (Å²) < 4.78 is 39.8. The van der Waals surface area contributed by atoms with Gasteiger partial charge in [-0.25, -0.2) is 24.4 Å². The number of nitrogens with one attached hydrogen (secondary N) is 2. The van der Waals surface area contributed by atoms with Crippen molar-refractivity contribution < 1.29 is 32.8 Å². The number of aliphatic hydroxyl groups is 1. The highest BCUT2D eigenvalue weighted by Crippen LogP contribution is 2.49. The van der Waals surface area contributed by atoms with Crippen molar-refractivity contribution in [1.82, 2.24) is 24.6 Å². The van der Waals surface area contributed by atoms with Crippen LogP contribution in [0, 0.1) is 6.92 Å². The van der Waals surface area contributed by atoms with Crippen LogP contribution in [0.1, 0.15) is 19.0 Å². The smallest absolute Gasteiger partial charge is 0.323 e. The Morgan fingerprint density at radius 2 is 2.10 bits per heavy atom. The standard InChI is InChI=1S/C23H29ClFN6O6PS/c1-13(22(33)34-4)30-38(39,37-15-8-6-5-7-9-15)35-11-23(10-24)18(32)16(25)21(36-23)31-12-27-17-19(26-3)28-14(2)29-20(17)31/h5-9,12-13,16,18,21,32H,10-11H2,1-4H3,(H,30,39)(H,26,28,29)/t13-,16-,18-,21+,23+,38+/m0/s1. The predicted molar refractivity (Wildman–Crippen MR) is 146 cm³/mol. The third-order valence-electron chi connectivity index (χ3n) is 6.09. The summed E-state index contributed by atoms with van der Waals surface area (Å²) in [6.45, 7) is -0.729. The number of aliphatic hydroxyl groups excluding tert-OH is 1. The van der Waals surface area contributed by atoms with Crippen LogP contribution in [0.3, 0.4) is 0 Å². The first-order valence-corrected chi connectivity index (χ1v) is 15.0. The summed E-state index contributed by atoms with van der Waals surface area (Å²) in [4.78, 5) is 25.0. The summed E-state index contributed by atoms with van der Waals surface area (Å²) in [5.74, 6) is 0.323. The number of carbonyl (C=O) groups excluding carboxylic acids is 1. The molecule has 0 amide bonds. The second-order valence-electron chi connectivity index (χ2n) is 8.84. The van der Waals surface area contributed by atoms with Crippen molar-refractivity contribution >= 4 is 53.0 Å². The van der Waals surface area contributed by atoms with Gasteiger partial charge in [-0.2, -0.15) is 0 Å². The Labute approximate surface area is 234 Å². The molecule has 2 aromatic heterocycles. The molecule has 16 heteroatoms. The van der Waals surface area contributed by atoms with Crippen LogP contribution >= 0.6 is 18.2 Å². The van der Waals surface area contributed by atoms with E-state index >= 15 is 4.39 Å². The number of alkyl halides is 2. The minimum absolute atomic E-state index is 0.309. The first kappa shape index (κ1) is 29.5. The molecule has 212 valence electrons. The molecule has 0 bridgehead atoms. The number of benzene rings is 1. The van der Waals surface area contributed by atoms with Crippen molar-refractivity contribution in [2.24, 2.45) is 0 Å². The molecular weight excluding hydrogens is 574 g/mol. The van der Waals surface area contributed by atoms with Crippen LogP contribution in [0.25, 0.3) is 11.2 Å². The van der Waals surface area contributed by atoms with Crippen molar-refractivity contribution in [3.63, 3.8) is 0 Å². The van der Waals surface area contributed by atoms with Crippen LogP contribution in [0.5, 0.6) is 5.75 Å². The van der Waals surface area contributed by atoms with E-state index in [1.165, 1.54) is 24.9 Å². The van der Waals surface area contributed by atoms with Crippen molar-refractivity contribution in [3.05, 3.63) is 42.5 Å². The fourth-order valence-corrected chi connectivity index (χ4v) is 6.79. The Bertz CT molecular complexity index is 1370. The summed E-state index contributed by atoms with van der Waals surface area (Å²) in [5.41, 5.74) is -1.01. The van der Waals surface area contributed by atoms with Gasteiger partial charge in [-0.15, -0.1) is 11.6 Å². The van der Waals surface area contributed by atoms with E-state index in [0.717, 1.165) is 0 Å². The van der Waals surface area contributed by atoms with Crippen LogP contribution < -0.4 is 14.9 Å². The van der Waals surface area contributed by atoms with Crippen molar-refractivity contribution in [1.29, 1.82) is 0 Å². The zero-order valence-electron chi connectivity index (χ0n) is 21.6. The lowest BCUT2D eigenvalue weighted by molar-refractivity contribution is -0.142. The Morgan fingerprint density at radius 1 is 1.38 bits per heavy atom. The van der Waals surface area contributed by atoms with Crippen LogP contribution in [-0.2, 0) is 30.6 Å². The summed E-state index contributed by atoms with van der Waals surface area (Å²) in [6.07, 6.45) is -3.60. The van der Waals surface area contributed by atoms with E-state index in [0.29, 0.717) is 28.6 Å². The Kier molecular flexibility index (Phi) is 9.06. The number of rotatable bonds is 11. The quantitative estimate of drug-likeness (QED) is 0.169. The van der Waals surface area contributed by atoms with Crippen LogP contribution in [0.4, 0.5) is 10.2 Å². The average Bonchev–Trinajstić information content (AvgIpc) is 3.45. The molecule has 1 aliphatic rings. The fraction of sp³-hybridized carbons (Fsp3) is 0.478. The highest BCUT2D eigenvalue weighted by Gasteiger charge is 2.57. The SMILES string of the molecule is CNc1nc(C)nc2c1ncn2[C@@H]1O[C@](CCl)(CO[P@](=S)(N[C@@H](C)C(=O)OC)Oc2ccccc2)[C@@H](O)[C@@H]1F. The van der Waals surface area contributed by atoms with Gasteiger partial charge in [-0.05, 0) is 37.8 Å². The number of para-hydroxylation sites is 1. The number of esters is 1. The van der Waals surface area contributed by atoms with Crippen molar-refractivity contribution in [2.75, 3.05) is 32.0 Å². The molecule has 3 heterocycles. The molecular formula is C23H29ClFN6O6PS. The number of anilines is 1. The highest BCUT2D eigenvalue weighted by molar-refractivity contribution is 8.09. The second kappa shape index (κ2) is 12.0. The van der Waals surface area contributed by atoms with Crippen LogP contribution in [0.15, 0.2) is 36.7 Å². The Balaban J connectivity index is 1.62. The van der Waals surface area contributed by atoms with Crippen LogP contribution in [-0.4, -0.2) is 81.2 Å². The van der Waals surface area contributed by atoms with E-state index in [9.17, 15) is 9.90 Å². The number of fused-ring (bicyclic) bond motifs is 1. The van der Waals surface area contributed by atoms with Gasteiger partial charge >= 0.3 is 12.6 Å². The van der Waals surface area contributed by atoms with Gasteiger partial charge in [0.1, 0.15) is 29.3 Å². The molecule has 1 aromatic carbocycles. The lowest BCUT2D eigenvalue weighted by Gasteiger charge is -2.33. The van der Waals surface area contributed by atoms with E-state index in [1.54, 1.807) is 44.3 Å². The Morgan fingerprint density at radius 3 is 2.74 bits per heavy atom. The molecule has 0 aliphatic carbocycles. The molecule has 39 heavy (non-hydrogen) atoms. The molecule has 12 nitrogen and oxygen atoms in total. The fourth-order valence-electron chi connectivity index (χ4n) is 4.06. The Hall–Kier alpha value is -2.45. The monoisotopic (exact) mass is 602 g/mol. The normalized spacial score (nSPS) is 25.3. The molecule has 6 atom stereocenters. The first-order valence-electron chi connectivity index (χ1n) is 11.9.